The molecule has 3 aromatic carbocycles. The van der Waals surface area contributed by atoms with Crippen LogP contribution in [0.15, 0.2) is 48.5 Å². The summed E-state index contributed by atoms with van der Waals surface area (Å²) in [5, 5.41) is 81.4. The molecule has 40 heavy (non-hydrogen) atoms. The number of rotatable bonds is 10. The number of hydrogen-bond donors (Lipinski definition) is 0. The summed E-state index contributed by atoms with van der Waals surface area (Å²) in [6, 6.07) is 3.64. The van der Waals surface area contributed by atoms with Crippen molar-refractivity contribution < 1.29 is 34.5 Å². The lowest BCUT2D eigenvalue weighted by Gasteiger charge is -2.24. The van der Waals surface area contributed by atoms with Gasteiger partial charge in [-0.15, -0.1) is 0 Å². The lowest BCUT2D eigenvalue weighted by Crippen LogP contribution is -2.17. The molecule has 22 nitrogen and oxygen atoms in total. The number of nitro benzene ring substituents is 7. The quantitative estimate of drug-likeness (QED) is 0.243. The molecule has 0 amide bonds. The second-order valence-corrected chi connectivity index (χ2v) is 7.31. The molecule has 0 spiro atoms. The second kappa shape index (κ2) is 10.3. The van der Waals surface area contributed by atoms with Gasteiger partial charge in [0.1, 0.15) is 11.4 Å². The van der Waals surface area contributed by atoms with Gasteiger partial charge in [-0.05, 0) is 12.1 Å². The van der Waals surface area contributed by atoms with Gasteiger partial charge in [-0.2, -0.15) is 0 Å². The minimum absolute atomic E-state index is 0.226. The second-order valence-electron chi connectivity index (χ2n) is 7.31. The summed E-state index contributed by atoms with van der Waals surface area (Å²) in [4.78, 5) is 73.1. The van der Waals surface area contributed by atoms with Gasteiger partial charge >= 0.3 is 11.4 Å². The fraction of sp³-hybridized carbons (Fsp3) is 0. The predicted molar refractivity (Wildman–Crippen MR) is 128 cm³/mol. The summed E-state index contributed by atoms with van der Waals surface area (Å²) in [6.45, 7) is 0. The standard InChI is InChI=1S/C18H8N8O14/c27-20(28)9-1-3-12(14(5-9)23(33)34)19(13-4-2-10(21(29)30)6-15(13)24(35)36)18-16(25(37)38)7-11(22(31)32)8-17(18)26(39)40/h1-8H. The van der Waals surface area contributed by atoms with E-state index in [2.05, 4.69) is 0 Å². The summed E-state index contributed by atoms with van der Waals surface area (Å²) in [5.41, 5.74) is -11.4. The van der Waals surface area contributed by atoms with Crippen molar-refractivity contribution in [2.45, 2.75) is 0 Å². The topological polar surface area (TPSA) is 305 Å². The molecule has 0 bridgehead atoms. The van der Waals surface area contributed by atoms with Crippen molar-refractivity contribution in [2.24, 2.45) is 0 Å². The van der Waals surface area contributed by atoms with Crippen molar-refractivity contribution in [3.05, 3.63) is 119 Å². The molecule has 0 fully saturated rings. The lowest BCUT2D eigenvalue weighted by atomic mass is 10.1. The van der Waals surface area contributed by atoms with Crippen LogP contribution in [0.2, 0.25) is 0 Å². The molecule has 0 heterocycles. The Bertz CT molecular complexity index is 1560. The van der Waals surface area contributed by atoms with Gasteiger partial charge in [-0.1, -0.05) is 0 Å². The van der Waals surface area contributed by atoms with Crippen LogP contribution < -0.4 is 4.90 Å². The van der Waals surface area contributed by atoms with Gasteiger partial charge in [0.25, 0.3) is 28.4 Å². The molecule has 0 aliphatic carbocycles. The summed E-state index contributed by atoms with van der Waals surface area (Å²) in [5.74, 6) is 0. The molecule has 0 saturated carbocycles. The highest BCUT2D eigenvalue weighted by molar-refractivity contribution is 5.94. The molecular formula is C18H8N8O14. The van der Waals surface area contributed by atoms with Crippen LogP contribution in [-0.2, 0) is 0 Å². The maximum atomic E-state index is 12.0. The van der Waals surface area contributed by atoms with Crippen molar-refractivity contribution in [2.75, 3.05) is 4.90 Å². The normalized spacial score (nSPS) is 10.4. The van der Waals surface area contributed by atoms with E-state index in [9.17, 15) is 70.8 Å². The molecule has 0 saturated heterocycles. The van der Waals surface area contributed by atoms with E-state index in [4.69, 9.17) is 0 Å². The van der Waals surface area contributed by atoms with Crippen molar-refractivity contribution in [3.8, 4) is 0 Å². The smallest absolute Gasteiger partial charge is 0.286 e. The van der Waals surface area contributed by atoms with E-state index < -0.39 is 91.3 Å². The van der Waals surface area contributed by atoms with E-state index in [1.165, 1.54) is 0 Å². The van der Waals surface area contributed by atoms with E-state index in [0.29, 0.717) is 36.4 Å². The van der Waals surface area contributed by atoms with Crippen LogP contribution in [0.1, 0.15) is 0 Å². The van der Waals surface area contributed by atoms with Crippen molar-refractivity contribution in [1.29, 1.82) is 0 Å². The summed E-state index contributed by atoms with van der Waals surface area (Å²) < 4.78 is 0. The molecule has 204 valence electrons. The lowest BCUT2D eigenvalue weighted by molar-refractivity contribution is -0.402. The van der Waals surface area contributed by atoms with Gasteiger partial charge in [-0.3, -0.25) is 75.7 Å². The number of nitrogens with zero attached hydrogens (tertiary/aromatic N) is 8. The number of nitro groups is 7. The Morgan fingerprint density at radius 3 is 0.975 bits per heavy atom. The van der Waals surface area contributed by atoms with Crippen molar-refractivity contribution in [1.82, 2.24) is 0 Å². The average Bonchev–Trinajstić information content (AvgIpc) is 2.88. The third kappa shape index (κ3) is 5.05. The highest BCUT2D eigenvalue weighted by Crippen LogP contribution is 2.52. The molecule has 3 rings (SSSR count). The predicted octanol–water partition coefficient (Wildman–Crippen LogP) is 4.51. The Labute approximate surface area is 216 Å². The average molecular weight is 560 g/mol. The maximum Gasteiger partial charge on any atom is 0.307 e. The van der Waals surface area contributed by atoms with Gasteiger partial charge in [0.15, 0.2) is 0 Å². The Balaban J connectivity index is 2.65. The first-order valence-electron chi connectivity index (χ1n) is 9.92. The Morgan fingerprint density at radius 2 is 0.700 bits per heavy atom. The molecular weight excluding hydrogens is 552 g/mol. The summed E-state index contributed by atoms with van der Waals surface area (Å²) in [6.07, 6.45) is 0. The highest BCUT2D eigenvalue weighted by Gasteiger charge is 2.41. The van der Waals surface area contributed by atoms with Gasteiger partial charge in [0.2, 0.25) is 5.69 Å². The van der Waals surface area contributed by atoms with Crippen LogP contribution in [-0.4, -0.2) is 34.5 Å². The maximum absolute atomic E-state index is 12.0. The zero-order valence-electron chi connectivity index (χ0n) is 18.9. The Kier molecular flexibility index (Phi) is 7.19. The fourth-order valence-corrected chi connectivity index (χ4v) is 3.49. The van der Waals surface area contributed by atoms with Crippen LogP contribution >= 0.6 is 0 Å². The van der Waals surface area contributed by atoms with Gasteiger partial charge in [0, 0.05) is 12.1 Å². The SMILES string of the molecule is O=[N+]([O-])c1ccc(N(c2ccc([N+](=O)[O-])cc2[N+](=O)[O-])c2c([N+](=O)[O-])cc([N+](=O)[O-])cc2[N+](=O)[O-])c([N+](=O)[O-])c1. The molecule has 3 aromatic rings. The molecule has 0 N–H and O–H groups in total. The summed E-state index contributed by atoms with van der Waals surface area (Å²) in [7, 11) is 0. The number of non-ortho nitro benzene ring substituents is 3. The van der Waals surface area contributed by atoms with Crippen LogP contribution in [0.5, 0.6) is 0 Å². The molecule has 0 unspecified atom stereocenters. The van der Waals surface area contributed by atoms with Crippen molar-refractivity contribution in [3.63, 3.8) is 0 Å². The monoisotopic (exact) mass is 560 g/mol. The zero-order chi connectivity index (χ0) is 30.0. The molecule has 0 aliphatic heterocycles. The molecule has 0 radical (unpaired) electrons. The van der Waals surface area contributed by atoms with E-state index in [1.54, 1.807) is 0 Å². The van der Waals surface area contributed by atoms with E-state index in [0.717, 1.165) is 0 Å². The first-order valence-corrected chi connectivity index (χ1v) is 9.92. The molecule has 22 heteroatoms. The first-order chi connectivity index (χ1) is 18.6. The molecule has 0 aliphatic rings. The van der Waals surface area contributed by atoms with Crippen LogP contribution in [0, 0.1) is 70.8 Å². The van der Waals surface area contributed by atoms with E-state index in [1.807, 2.05) is 0 Å². The third-order valence-electron chi connectivity index (χ3n) is 5.10. The van der Waals surface area contributed by atoms with Gasteiger partial charge < -0.3 is 0 Å². The van der Waals surface area contributed by atoms with Crippen LogP contribution in [0.3, 0.4) is 0 Å². The molecule has 0 atom stereocenters. The fourth-order valence-electron chi connectivity index (χ4n) is 3.49. The Hall–Kier alpha value is -6.74. The van der Waals surface area contributed by atoms with Crippen LogP contribution in [0.25, 0.3) is 0 Å². The van der Waals surface area contributed by atoms with Crippen molar-refractivity contribution >= 4 is 56.9 Å². The minimum atomic E-state index is -1.43. The number of hydrogen-bond acceptors (Lipinski definition) is 15. The van der Waals surface area contributed by atoms with Gasteiger partial charge in [0.05, 0.1) is 58.7 Å². The highest BCUT2D eigenvalue weighted by atomic mass is 16.7. The van der Waals surface area contributed by atoms with E-state index in [-0.39, 0.29) is 17.0 Å². The van der Waals surface area contributed by atoms with Gasteiger partial charge in [-0.25, -0.2) is 0 Å². The zero-order valence-corrected chi connectivity index (χ0v) is 18.9. The summed E-state index contributed by atoms with van der Waals surface area (Å²) >= 11 is 0. The minimum Gasteiger partial charge on any atom is -0.286 e. The first kappa shape index (κ1) is 27.8. The largest absolute Gasteiger partial charge is 0.307 e. The van der Waals surface area contributed by atoms with Crippen LogP contribution in [0.4, 0.5) is 56.9 Å². The Morgan fingerprint density at radius 1 is 0.400 bits per heavy atom. The third-order valence-corrected chi connectivity index (χ3v) is 5.10. The molecule has 0 aromatic heterocycles. The van der Waals surface area contributed by atoms with E-state index >= 15 is 0 Å². The number of benzene rings is 3. The number of anilines is 3.